The van der Waals surface area contributed by atoms with E-state index >= 15 is 0 Å². The molecule has 3 amide bonds. The van der Waals surface area contributed by atoms with Crippen LogP contribution in [0.25, 0.3) is 0 Å². The van der Waals surface area contributed by atoms with Crippen molar-refractivity contribution in [2.45, 2.75) is 32.4 Å². The maximum atomic E-state index is 13.5. The molecular weight excluding hydrogens is 554 g/mol. The Bertz CT molecular complexity index is 1520. The molecule has 0 bridgehead atoms. The summed E-state index contributed by atoms with van der Waals surface area (Å²) in [4.78, 5) is 49.6. The summed E-state index contributed by atoms with van der Waals surface area (Å²) in [5.74, 6) is 1.34. The number of anilines is 1. The molecular formula is C31H31N5O5S. The summed E-state index contributed by atoms with van der Waals surface area (Å²) in [5, 5.41) is 6.13. The lowest BCUT2D eigenvalue weighted by atomic mass is 10.1. The number of methoxy groups -OCH3 is 1. The van der Waals surface area contributed by atoms with Crippen LogP contribution in [0.3, 0.4) is 0 Å². The molecule has 10 nitrogen and oxygen atoms in total. The van der Waals surface area contributed by atoms with Gasteiger partial charge in [-0.05, 0) is 67.4 Å². The highest BCUT2D eigenvalue weighted by molar-refractivity contribution is 8.14. The van der Waals surface area contributed by atoms with Crippen LogP contribution in [0.2, 0.25) is 0 Å². The van der Waals surface area contributed by atoms with E-state index in [2.05, 4.69) is 15.6 Å². The SMILES string of the molecule is CCOc1ccc(NC(=O)CSC2=Nc3ccccc3C3=NC(CCC(=O)NCc4ccc(OC)cc4)C(=O)N23)cc1. The standard InChI is InChI=1S/C31H31N5O5S/c1-3-41-23-14-10-21(11-15-23)33-28(38)19-42-31-35-25-7-5-4-6-24(25)29-34-26(30(39)36(29)31)16-17-27(37)32-18-20-8-12-22(40-2)13-9-20/h4-15,26H,3,16-19H2,1-2H3,(H,32,37)(H,33,38). The zero-order valence-electron chi connectivity index (χ0n) is 23.3. The van der Waals surface area contributed by atoms with Crippen LogP contribution < -0.4 is 20.1 Å². The maximum absolute atomic E-state index is 13.5. The van der Waals surface area contributed by atoms with Crippen molar-refractivity contribution in [1.29, 1.82) is 0 Å². The van der Waals surface area contributed by atoms with Crippen molar-refractivity contribution in [3.05, 3.63) is 83.9 Å². The molecule has 0 saturated carbocycles. The van der Waals surface area contributed by atoms with E-state index in [1.807, 2.05) is 55.5 Å². The van der Waals surface area contributed by atoms with Crippen LogP contribution in [0.4, 0.5) is 11.4 Å². The van der Waals surface area contributed by atoms with Crippen molar-refractivity contribution in [1.82, 2.24) is 10.2 Å². The van der Waals surface area contributed by atoms with Gasteiger partial charge in [-0.15, -0.1) is 0 Å². The number of amidine groups is 2. The van der Waals surface area contributed by atoms with E-state index < -0.39 is 6.04 Å². The molecule has 0 aromatic heterocycles. The van der Waals surface area contributed by atoms with Crippen molar-refractivity contribution in [2.75, 3.05) is 24.8 Å². The second-order valence-electron chi connectivity index (χ2n) is 9.51. The molecule has 11 heteroatoms. The van der Waals surface area contributed by atoms with Gasteiger partial charge in [0, 0.05) is 24.2 Å². The zero-order chi connectivity index (χ0) is 29.5. The Balaban J connectivity index is 1.20. The number of ether oxygens (including phenoxy) is 2. The van der Waals surface area contributed by atoms with E-state index in [1.54, 1.807) is 31.4 Å². The highest BCUT2D eigenvalue weighted by Gasteiger charge is 2.41. The van der Waals surface area contributed by atoms with Gasteiger partial charge in [0.25, 0.3) is 5.91 Å². The Hall–Kier alpha value is -4.64. The van der Waals surface area contributed by atoms with Gasteiger partial charge in [-0.2, -0.15) is 0 Å². The summed E-state index contributed by atoms with van der Waals surface area (Å²) in [6, 6.07) is 21.3. The normalized spacial score (nSPS) is 15.2. The van der Waals surface area contributed by atoms with Crippen LogP contribution in [0.1, 0.15) is 30.9 Å². The number of para-hydroxylation sites is 1. The molecule has 3 aromatic carbocycles. The van der Waals surface area contributed by atoms with Crippen molar-refractivity contribution in [2.24, 2.45) is 9.98 Å². The molecule has 5 rings (SSSR count). The number of thioether (sulfide) groups is 1. The van der Waals surface area contributed by atoms with Crippen LogP contribution in [0.15, 0.2) is 82.8 Å². The fourth-order valence-corrected chi connectivity index (χ4v) is 5.32. The molecule has 0 radical (unpaired) electrons. The van der Waals surface area contributed by atoms with Crippen LogP contribution in [-0.2, 0) is 20.9 Å². The average Bonchev–Trinajstić information content (AvgIpc) is 3.35. The van der Waals surface area contributed by atoms with Gasteiger partial charge in [0.15, 0.2) is 5.17 Å². The number of rotatable bonds is 11. The summed E-state index contributed by atoms with van der Waals surface area (Å²) in [7, 11) is 1.60. The second kappa shape index (κ2) is 13.3. The molecule has 1 atom stereocenters. The highest BCUT2D eigenvalue weighted by atomic mass is 32.2. The Morgan fingerprint density at radius 1 is 0.976 bits per heavy atom. The topological polar surface area (TPSA) is 122 Å². The minimum absolute atomic E-state index is 0.0453. The predicted octanol–water partition coefficient (Wildman–Crippen LogP) is 4.52. The number of aliphatic imine (C=N–C) groups is 2. The summed E-state index contributed by atoms with van der Waals surface area (Å²) in [6.45, 7) is 2.85. The predicted molar refractivity (Wildman–Crippen MR) is 163 cm³/mol. The minimum atomic E-state index is -0.721. The van der Waals surface area contributed by atoms with Gasteiger partial charge in [0.1, 0.15) is 23.4 Å². The van der Waals surface area contributed by atoms with Gasteiger partial charge < -0.3 is 20.1 Å². The lowest BCUT2D eigenvalue weighted by Gasteiger charge is -2.25. The fraction of sp³-hybridized carbons (Fsp3) is 0.258. The summed E-state index contributed by atoms with van der Waals surface area (Å²) in [5.41, 5.74) is 3.00. The monoisotopic (exact) mass is 585 g/mol. The first-order valence-corrected chi connectivity index (χ1v) is 14.6. The third-order valence-electron chi connectivity index (χ3n) is 6.62. The lowest BCUT2D eigenvalue weighted by molar-refractivity contribution is -0.125. The van der Waals surface area contributed by atoms with Gasteiger partial charge >= 0.3 is 0 Å². The lowest BCUT2D eigenvalue weighted by Crippen LogP contribution is -2.41. The molecule has 2 aliphatic heterocycles. The third-order valence-corrected chi connectivity index (χ3v) is 7.56. The van der Waals surface area contributed by atoms with Crippen LogP contribution in [-0.4, -0.2) is 59.1 Å². The number of hydrogen-bond acceptors (Lipinski definition) is 8. The largest absolute Gasteiger partial charge is 0.497 e. The molecule has 0 aliphatic carbocycles. The molecule has 216 valence electrons. The minimum Gasteiger partial charge on any atom is -0.497 e. The number of nitrogens with zero attached hydrogens (tertiary/aromatic N) is 3. The number of fused-ring (bicyclic) bond motifs is 3. The molecule has 0 saturated heterocycles. The number of benzene rings is 3. The molecule has 2 N–H and O–H groups in total. The molecule has 0 fully saturated rings. The summed E-state index contributed by atoms with van der Waals surface area (Å²) in [6.07, 6.45) is 0.397. The van der Waals surface area contributed by atoms with E-state index in [-0.39, 0.29) is 36.3 Å². The van der Waals surface area contributed by atoms with Crippen molar-refractivity contribution >= 4 is 51.9 Å². The van der Waals surface area contributed by atoms with E-state index in [1.165, 1.54) is 4.90 Å². The van der Waals surface area contributed by atoms with Crippen LogP contribution in [0.5, 0.6) is 11.5 Å². The van der Waals surface area contributed by atoms with E-state index in [0.717, 1.165) is 34.4 Å². The molecule has 2 heterocycles. The highest BCUT2D eigenvalue weighted by Crippen LogP contribution is 2.34. The van der Waals surface area contributed by atoms with Gasteiger partial charge in [-0.3, -0.25) is 19.4 Å². The zero-order valence-corrected chi connectivity index (χ0v) is 24.1. The number of amides is 3. The van der Waals surface area contributed by atoms with Crippen LogP contribution in [0, 0.1) is 0 Å². The Morgan fingerprint density at radius 3 is 2.45 bits per heavy atom. The molecule has 42 heavy (non-hydrogen) atoms. The number of carbonyl (C=O) groups excluding carboxylic acids is 3. The average molecular weight is 586 g/mol. The summed E-state index contributed by atoms with van der Waals surface area (Å²) < 4.78 is 10.6. The van der Waals surface area contributed by atoms with E-state index in [4.69, 9.17) is 14.5 Å². The smallest absolute Gasteiger partial charge is 0.259 e. The molecule has 0 spiro atoms. The summed E-state index contributed by atoms with van der Waals surface area (Å²) >= 11 is 1.16. The van der Waals surface area contributed by atoms with Crippen molar-refractivity contribution < 1.29 is 23.9 Å². The molecule has 2 aliphatic rings. The van der Waals surface area contributed by atoms with Gasteiger partial charge in [-0.25, -0.2) is 9.89 Å². The Labute approximate surface area is 248 Å². The van der Waals surface area contributed by atoms with Gasteiger partial charge in [-0.1, -0.05) is 36.0 Å². The first-order valence-electron chi connectivity index (χ1n) is 13.6. The Kier molecular flexibility index (Phi) is 9.18. The fourth-order valence-electron chi connectivity index (χ4n) is 4.52. The first kappa shape index (κ1) is 28.9. The Morgan fingerprint density at radius 2 is 1.71 bits per heavy atom. The first-order chi connectivity index (χ1) is 20.4. The number of nitrogens with one attached hydrogen (secondary N) is 2. The quantitative estimate of drug-likeness (QED) is 0.341. The maximum Gasteiger partial charge on any atom is 0.259 e. The van der Waals surface area contributed by atoms with Gasteiger partial charge in [0.2, 0.25) is 11.8 Å². The van der Waals surface area contributed by atoms with E-state index in [0.29, 0.717) is 35.5 Å². The third kappa shape index (κ3) is 6.80. The van der Waals surface area contributed by atoms with Gasteiger partial charge in [0.05, 0.1) is 25.2 Å². The van der Waals surface area contributed by atoms with Crippen molar-refractivity contribution in [3.8, 4) is 11.5 Å². The number of carbonyl (C=O) groups is 3. The second-order valence-corrected chi connectivity index (χ2v) is 10.5. The molecule has 3 aromatic rings. The van der Waals surface area contributed by atoms with Crippen molar-refractivity contribution in [3.63, 3.8) is 0 Å². The number of hydrogen-bond donors (Lipinski definition) is 2. The van der Waals surface area contributed by atoms with E-state index in [9.17, 15) is 14.4 Å². The molecule has 1 unspecified atom stereocenters. The van der Waals surface area contributed by atoms with Crippen LogP contribution >= 0.6 is 11.8 Å².